The van der Waals surface area contributed by atoms with Gasteiger partial charge in [-0.3, -0.25) is 9.59 Å². The number of hydrogen-bond acceptors (Lipinski definition) is 4. The smallest absolute Gasteiger partial charge is 0.305 e. The standard InChI is InChI=1S/C14H17NO5/c1-19-11-5-3-10(9-12(11)20-2)4-6-13(16)15-8-7-14(17)18/h3-6,9H,7-8H2,1-2H3,(H,15,16)(H,17,18). The highest BCUT2D eigenvalue weighted by atomic mass is 16.5. The van der Waals surface area contributed by atoms with Crippen molar-refractivity contribution in [2.75, 3.05) is 20.8 Å². The van der Waals surface area contributed by atoms with Crippen molar-refractivity contribution >= 4 is 18.0 Å². The molecule has 0 heterocycles. The number of hydrogen-bond donors (Lipinski definition) is 2. The van der Waals surface area contributed by atoms with E-state index >= 15 is 0 Å². The molecule has 0 saturated carbocycles. The van der Waals surface area contributed by atoms with Crippen LogP contribution in [-0.4, -0.2) is 37.7 Å². The van der Waals surface area contributed by atoms with Crippen LogP contribution in [0.3, 0.4) is 0 Å². The van der Waals surface area contributed by atoms with Gasteiger partial charge in [-0.2, -0.15) is 0 Å². The fourth-order valence-corrected chi connectivity index (χ4v) is 1.48. The van der Waals surface area contributed by atoms with Crippen LogP contribution in [0.15, 0.2) is 24.3 Å². The van der Waals surface area contributed by atoms with Gasteiger partial charge in [0.15, 0.2) is 11.5 Å². The Morgan fingerprint density at radius 1 is 1.25 bits per heavy atom. The molecule has 6 nitrogen and oxygen atoms in total. The number of methoxy groups -OCH3 is 2. The zero-order chi connectivity index (χ0) is 15.0. The summed E-state index contributed by atoms with van der Waals surface area (Å²) >= 11 is 0. The van der Waals surface area contributed by atoms with Crippen molar-refractivity contribution in [1.82, 2.24) is 5.32 Å². The molecular formula is C14H17NO5. The third kappa shape index (κ3) is 5.01. The lowest BCUT2D eigenvalue weighted by atomic mass is 10.2. The van der Waals surface area contributed by atoms with Crippen molar-refractivity contribution < 1.29 is 24.2 Å². The summed E-state index contributed by atoms with van der Waals surface area (Å²) in [6.45, 7) is 0.102. The number of carboxylic acid groups (broad SMARTS) is 1. The number of aliphatic carboxylic acids is 1. The fourth-order valence-electron chi connectivity index (χ4n) is 1.48. The van der Waals surface area contributed by atoms with Gasteiger partial charge in [0.25, 0.3) is 0 Å². The number of rotatable bonds is 7. The first kappa shape index (κ1) is 15.6. The van der Waals surface area contributed by atoms with E-state index in [-0.39, 0.29) is 18.9 Å². The Morgan fingerprint density at radius 3 is 2.55 bits per heavy atom. The summed E-state index contributed by atoms with van der Waals surface area (Å²) in [4.78, 5) is 21.7. The maximum Gasteiger partial charge on any atom is 0.305 e. The molecule has 108 valence electrons. The topological polar surface area (TPSA) is 84.9 Å². The molecule has 0 atom stereocenters. The van der Waals surface area contributed by atoms with E-state index in [1.165, 1.54) is 13.2 Å². The predicted octanol–water partition coefficient (Wildman–Crippen LogP) is 1.31. The molecule has 2 N–H and O–H groups in total. The molecule has 0 bridgehead atoms. The van der Waals surface area contributed by atoms with Crippen molar-refractivity contribution in [3.05, 3.63) is 29.8 Å². The Morgan fingerprint density at radius 2 is 1.95 bits per heavy atom. The van der Waals surface area contributed by atoms with Gasteiger partial charge in [-0.15, -0.1) is 0 Å². The lowest BCUT2D eigenvalue weighted by molar-refractivity contribution is -0.136. The highest BCUT2D eigenvalue weighted by molar-refractivity contribution is 5.91. The van der Waals surface area contributed by atoms with Gasteiger partial charge in [0, 0.05) is 12.6 Å². The highest BCUT2D eigenvalue weighted by Crippen LogP contribution is 2.27. The molecule has 1 amide bonds. The first-order chi connectivity index (χ1) is 9.56. The van der Waals surface area contributed by atoms with Crippen LogP contribution >= 0.6 is 0 Å². The third-order valence-electron chi connectivity index (χ3n) is 2.47. The number of benzene rings is 1. The van der Waals surface area contributed by atoms with Crippen LogP contribution in [0, 0.1) is 0 Å². The highest BCUT2D eigenvalue weighted by Gasteiger charge is 2.03. The summed E-state index contributed by atoms with van der Waals surface area (Å²) < 4.78 is 10.3. The maximum atomic E-state index is 11.4. The molecule has 0 fully saturated rings. The van der Waals surface area contributed by atoms with Gasteiger partial charge in [-0.05, 0) is 23.8 Å². The molecule has 0 aliphatic heterocycles. The van der Waals surface area contributed by atoms with Crippen molar-refractivity contribution in [1.29, 1.82) is 0 Å². The molecule has 0 aliphatic rings. The molecule has 0 unspecified atom stereocenters. The van der Waals surface area contributed by atoms with Gasteiger partial charge in [-0.1, -0.05) is 6.07 Å². The van der Waals surface area contributed by atoms with E-state index in [1.807, 2.05) is 0 Å². The maximum absolute atomic E-state index is 11.4. The second kappa shape index (κ2) is 7.83. The largest absolute Gasteiger partial charge is 0.493 e. The first-order valence-corrected chi connectivity index (χ1v) is 5.96. The number of carbonyl (C=O) groups is 2. The average molecular weight is 279 g/mol. The van der Waals surface area contributed by atoms with Crippen LogP contribution in [0.2, 0.25) is 0 Å². The minimum atomic E-state index is -0.950. The lowest BCUT2D eigenvalue weighted by Gasteiger charge is -2.07. The van der Waals surface area contributed by atoms with Crippen LogP contribution in [-0.2, 0) is 9.59 Å². The van der Waals surface area contributed by atoms with Crippen molar-refractivity contribution in [3.8, 4) is 11.5 Å². The second-order valence-electron chi connectivity index (χ2n) is 3.88. The van der Waals surface area contributed by atoms with E-state index in [9.17, 15) is 9.59 Å². The van der Waals surface area contributed by atoms with E-state index in [2.05, 4.69) is 5.32 Å². The van der Waals surface area contributed by atoms with Crippen molar-refractivity contribution in [3.63, 3.8) is 0 Å². The monoisotopic (exact) mass is 279 g/mol. The molecule has 0 saturated heterocycles. The summed E-state index contributed by atoms with van der Waals surface area (Å²) in [6.07, 6.45) is 2.84. The van der Waals surface area contributed by atoms with Crippen LogP contribution < -0.4 is 14.8 Å². The van der Waals surface area contributed by atoms with Gasteiger partial charge in [0.05, 0.1) is 20.6 Å². The Hall–Kier alpha value is -2.50. The summed E-state index contributed by atoms with van der Waals surface area (Å²) in [5.74, 6) is -0.119. The molecule has 1 rings (SSSR count). The zero-order valence-electron chi connectivity index (χ0n) is 11.4. The van der Waals surface area contributed by atoms with E-state index in [4.69, 9.17) is 14.6 Å². The van der Waals surface area contributed by atoms with Gasteiger partial charge in [0.2, 0.25) is 5.91 Å². The Bertz CT molecular complexity index is 510. The quantitative estimate of drug-likeness (QED) is 0.735. The van der Waals surface area contributed by atoms with Crippen LogP contribution in [0.1, 0.15) is 12.0 Å². The first-order valence-electron chi connectivity index (χ1n) is 5.96. The second-order valence-corrected chi connectivity index (χ2v) is 3.88. The van der Waals surface area contributed by atoms with Gasteiger partial charge in [0.1, 0.15) is 0 Å². The number of nitrogens with one attached hydrogen (secondary N) is 1. The van der Waals surface area contributed by atoms with E-state index in [0.717, 1.165) is 5.56 Å². The Labute approximate surface area is 117 Å². The van der Waals surface area contributed by atoms with E-state index in [1.54, 1.807) is 31.4 Å². The summed E-state index contributed by atoms with van der Waals surface area (Å²) in [6, 6.07) is 5.25. The molecule has 1 aromatic rings. The number of amides is 1. The molecule has 0 spiro atoms. The summed E-state index contributed by atoms with van der Waals surface area (Å²) in [5.41, 5.74) is 0.774. The minimum absolute atomic E-state index is 0.101. The molecule has 0 aromatic heterocycles. The van der Waals surface area contributed by atoms with Gasteiger partial charge >= 0.3 is 5.97 Å². The number of carboxylic acids is 1. The Balaban J connectivity index is 2.61. The molecule has 6 heteroatoms. The van der Waals surface area contributed by atoms with Crippen LogP contribution in [0.4, 0.5) is 0 Å². The third-order valence-corrected chi connectivity index (χ3v) is 2.47. The van der Waals surface area contributed by atoms with Crippen molar-refractivity contribution in [2.24, 2.45) is 0 Å². The summed E-state index contributed by atoms with van der Waals surface area (Å²) in [7, 11) is 3.08. The molecule has 1 aromatic carbocycles. The van der Waals surface area contributed by atoms with E-state index < -0.39 is 5.97 Å². The Kier molecular flexibility index (Phi) is 6.09. The van der Waals surface area contributed by atoms with Crippen LogP contribution in [0.25, 0.3) is 6.08 Å². The minimum Gasteiger partial charge on any atom is -0.493 e. The zero-order valence-corrected chi connectivity index (χ0v) is 11.4. The van der Waals surface area contributed by atoms with Gasteiger partial charge in [-0.25, -0.2) is 0 Å². The SMILES string of the molecule is COc1ccc(C=CC(=O)NCCC(=O)O)cc1OC. The lowest BCUT2D eigenvalue weighted by Crippen LogP contribution is -2.23. The predicted molar refractivity (Wildman–Crippen MR) is 73.8 cm³/mol. The number of ether oxygens (including phenoxy) is 2. The van der Waals surface area contributed by atoms with Crippen LogP contribution in [0.5, 0.6) is 11.5 Å². The van der Waals surface area contributed by atoms with Gasteiger partial charge < -0.3 is 19.9 Å². The summed E-state index contributed by atoms with van der Waals surface area (Å²) in [5, 5.41) is 10.9. The average Bonchev–Trinajstić information content (AvgIpc) is 2.44. The molecular weight excluding hydrogens is 262 g/mol. The molecule has 0 radical (unpaired) electrons. The number of carbonyl (C=O) groups excluding carboxylic acids is 1. The molecule has 20 heavy (non-hydrogen) atoms. The fraction of sp³-hybridized carbons (Fsp3) is 0.286. The van der Waals surface area contributed by atoms with Crippen molar-refractivity contribution in [2.45, 2.75) is 6.42 Å². The molecule has 0 aliphatic carbocycles. The normalized spacial score (nSPS) is 10.3. The van der Waals surface area contributed by atoms with E-state index in [0.29, 0.717) is 11.5 Å².